The van der Waals surface area contributed by atoms with E-state index in [1.165, 1.54) is 0 Å². The molecule has 1 heterocycles. The first kappa shape index (κ1) is 11.7. The summed E-state index contributed by atoms with van der Waals surface area (Å²) in [5, 5.41) is 12.6. The van der Waals surface area contributed by atoms with Gasteiger partial charge in [-0.25, -0.2) is 8.78 Å². The van der Waals surface area contributed by atoms with Gasteiger partial charge in [0.1, 0.15) is 11.3 Å². The molecule has 17 heavy (non-hydrogen) atoms. The molecule has 2 rings (SSSR count). The van der Waals surface area contributed by atoms with Crippen LogP contribution in [0.4, 0.5) is 8.78 Å². The van der Waals surface area contributed by atoms with Crippen molar-refractivity contribution in [1.82, 2.24) is 10.1 Å². The molecule has 3 N–H and O–H groups in total. The normalized spacial score (nSPS) is 10.8. The van der Waals surface area contributed by atoms with Crippen LogP contribution in [0.2, 0.25) is 5.02 Å². The minimum Gasteiger partial charge on any atom is -0.505 e. The lowest BCUT2D eigenvalue weighted by Crippen LogP contribution is -1.97. The van der Waals surface area contributed by atoms with Crippen LogP contribution in [0.5, 0.6) is 5.75 Å². The number of aromatic hydroxyl groups is 1. The van der Waals surface area contributed by atoms with Crippen LogP contribution in [0.1, 0.15) is 5.89 Å². The Kier molecular flexibility index (Phi) is 2.95. The van der Waals surface area contributed by atoms with E-state index in [9.17, 15) is 13.9 Å². The van der Waals surface area contributed by atoms with Crippen LogP contribution >= 0.6 is 11.6 Å². The van der Waals surface area contributed by atoms with Gasteiger partial charge in [0.2, 0.25) is 11.7 Å². The molecule has 0 bridgehead atoms. The van der Waals surface area contributed by atoms with Crippen molar-refractivity contribution in [3.05, 3.63) is 28.6 Å². The second kappa shape index (κ2) is 4.27. The van der Waals surface area contributed by atoms with Crippen LogP contribution in [0.15, 0.2) is 10.6 Å². The minimum absolute atomic E-state index is 0.0270. The highest BCUT2D eigenvalue weighted by Gasteiger charge is 2.22. The fraction of sp³-hybridized carbons (Fsp3) is 0.111. The first-order chi connectivity index (χ1) is 8.04. The van der Waals surface area contributed by atoms with Crippen molar-refractivity contribution in [2.75, 3.05) is 0 Å². The molecule has 1 aromatic heterocycles. The number of hydrogen-bond acceptors (Lipinski definition) is 5. The summed E-state index contributed by atoms with van der Waals surface area (Å²) in [6.45, 7) is -0.0571. The van der Waals surface area contributed by atoms with Gasteiger partial charge in [-0.1, -0.05) is 16.8 Å². The number of nitrogens with two attached hydrogens (primary N) is 1. The van der Waals surface area contributed by atoms with E-state index in [1.807, 2.05) is 0 Å². The molecule has 0 amide bonds. The molecule has 1 aromatic carbocycles. The lowest BCUT2D eigenvalue weighted by Gasteiger charge is -2.04. The van der Waals surface area contributed by atoms with Gasteiger partial charge in [0.25, 0.3) is 0 Å². The Morgan fingerprint density at radius 3 is 2.76 bits per heavy atom. The molecule has 0 saturated heterocycles. The van der Waals surface area contributed by atoms with Crippen molar-refractivity contribution in [3.8, 4) is 17.1 Å². The van der Waals surface area contributed by atoms with Crippen LogP contribution < -0.4 is 5.73 Å². The summed E-state index contributed by atoms with van der Waals surface area (Å²) >= 11 is 5.51. The van der Waals surface area contributed by atoms with E-state index in [0.29, 0.717) is 6.07 Å². The van der Waals surface area contributed by atoms with E-state index in [4.69, 9.17) is 17.3 Å². The third-order valence-electron chi connectivity index (χ3n) is 2.01. The molecule has 0 aliphatic rings. The van der Waals surface area contributed by atoms with Crippen molar-refractivity contribution in [3.63, 3.8) is 0 Å². The van der Waals surface area contributed by atoms with Gasteiger partial charge in [0.15, 0.2) is 11.6 Å². The van der Waals surface area contributed by atoms with Gasteiger partial charge in [-0.15, -0.1) is 0 Å². The van der Waals surface area contributed by atoms with Crippen LogP contribution in [-0.2, 0) is 6.54 Å². The smallest absolute Gasteiger partial charge is 0.240 e. The largest absolute Gasteiger partial charge is 0.505 e. The van der Waals surface area contributed by atoms with E-state index >= 15 is 0 Å². The average Bonchev–Trinajstić information content (AvgIpc) is 2.75. The number of phenols is 1. The van der Waals surface area contributed by atoms with Gasteiger partial charge < -0.3 is 15.4 Å². The van der Waals surface area contributed by atoms with Gasteiger partial charge in [0, 0.05) is 0 Å². The SMILES string of the molecule is NCc1nc(-c2c(O)c(Cl)cc(F)c2F)no1. The highest BCUT2D eigenvalue weighted by atomic mass is 35.5. The molecule has 2 aromatic rings. The topological polar surface area (TPSA) is 85.2 Å². The molecule has 0 saturated carbocycles. The van der Waals surface area contributed by atoms with Crippen LogP contribution in [-0.4, -0.2) is 15.2 Å². The van der Waals surface area contributed by atoms with E-state index in [0.717, 1.165) is 0 Å². The third kappa shape index (κ3) is 1.94. The lowest BCUT2D eigenvalue weighted by atomic mass is 10.1. The maximum atomic E-state index is 13.5. The number of rotatable bonds is 2. The molecule has 0 aliphatic carbocycles. The Morgan fingerprint density at radius 1 is 1.47 bits per heavy atom. The van der Waals surface area contributed by atoms with Crippen molar-refractivity contribution >= 4 is 11.6 Å². The molecule has 0 unspecified atom stereocenters. The van der Waals surface area contributed by atoms with Gasteiger partial charge >= 0.3 is 0 Å². The highest BCUT2D eigenvalue weighted by Crippen LogP contribution is 2.37. The Balaban J connectivity index is 2.65. The molecule has 8 heteroatoms. The van der Waals surface area contributed by atoms with Crippen LogP contribution in [0.25, 0.3) is 11.4 Å². The van der Waals surface area contributed by atoms with E-state index in [-0.39, 0.29) is 23.3 Å². The second-order valence-electron chi connectivity index (χ2n) is 3.09. The zero-order valence-corrected chi connectivity index (χ0v) is 9.00. The maximum absolute atomic E-state index is 13.5. The fourth-order valence-corrected chi connectivity index (χ4v) is 1.42. The van der Waals surface area contributed by atoms with E-state index in [1.54, 1.807) is 0 Å². The average molecular weight is 262 g/mol. The summed E-state index contributed by atoms with van der Waals surface area (Å²) in [6.07, 6.45) is 0. The monoisotopic (exact) mass is 261 g/mol. The molecule has 5 nitrogen and oxygen atoms in total. The number of phenolic OH excluding ortho intramolecular Hbond substituents is 1. The van der Waals surface area contributed by atoms with Crippen molar-refractivity contribution in [2.24, 2.45) is 5.73 Å². The molecule has 0 fully saturated rings. The molecule has 0 aliphatic heterocycles. The van der Waals surface area contributed by atoms with Gasteiger partial charge in [-0.05, 0) is 6.07 Å². The zero-order chi connectivity index (χ0) is 12.6. The Morgan fingerprint density at radius 2 is 2.18 bits per heavy atom. The number of nitrogens with zero attached hydrogens (tertiary/aromatic N) is 2. The number of halogens is 3. The minimum atomic E-state index is -1.31. The van der Waals surface area contributed by atoms with Crippen molar-refractivity contribution < 1.29 is 18.4 Å². The molecule has 0 spiro atoms. The standard InChI is InChI=1S/C9H6ClF2N3O2/c10-3-1-4(11)7(12)6(8(3)16)9-14-5(2-13)17-15-9/h1,16H,2,13H2. The van der Waals surface area contributed by atoms with Crippen LogP contribution in [0.3, 0.4) is 0 Å². The van der Waals surface area contributed by atoms with Crippen molar-refractivity contribution in [1.29, 1.82) is 0 Å². The van der Waals surface area contributed by atoms with Gasteiger partial charge in [-0.2, -0.15) is 4.98 Å². The number of aromatic nitrogens is 2. The third-order valence-corrected chi connectivity index (χ3v) is 2.30. The zero-order valence-electron chi connectivity index (χ0n) is 8.25. The summed E-state index contributed by atoms with van der Waals surface area (Å²) in [6, 6.07) is 0.652. The molecular formula is C9H6ClF2N3O2. The maximum Gasteiger partial charge on any atom is 0.240 e. The lowest BCUT2D eigenvalue weighted by molar-refractivity contribution is 0.379. The Labute approximate surface area is 98.8 Å². The summed E-state index contributed by atoms with van der Waals surface area (Å²) < 4.78 is 31.2. The number of hydrogen-bond donors (Lipinski definition) is 2. The molecular weight excluding hydrogens is 256 g/mol. The van der Waals surface area contributed by atoms with Gasteiger partial charge in [0.05, 0.1) is 11.6 Å². The van der Waals surface area contributed by atoms with Crippen molar-refractivity contribution in [2.45, 2.75) is 6.54 Å². The highest BCUT2D eigenvalue weighted by molar-refractivity contribution is 6.32. The summed E-state index contributed by atoms with van der Waals surface area (Å²) in [5.41, 5.74) is 4.67. The molecule has 0 radical (unpaired) electrons. The number of benzene rings is 1. The Hall–Kier alpha value is -1.73. The van der Waals surface area contributed by atoms with E-state index in [2.05, 4.69) is 14.7 Å². The summed E-state index contributed by atoms with van der Waals surface area (Å²) in [5.74, 6) is -3.48. The summed E-state index contributed by atoms with van der Waals surface area (Å²) in [4.78, 5) is 3.67. The molecule has 90 valence electrons. The van der Waals surface area contributed by atoms with E-state index < -0.39 is 22.9 Å². The van der Waals surface area contributed by atoms with Gasteiger partial charge in [-0.3, -0.25) is 0 Å². The summed E-state index contributed by atoms with van der Waals surface area (Å²) in [7, 11) is 0. The predicted molar refractivity (Wildman–Crippen MR) is 54.2 cm³/mol. The van der Waals surface area contributed by atoms with Crippen LogP contribution in [0, 0.1) is 11.6 Å². The first-order valence-corrected chi connectivity index (χ1v) is 4.82. The Bertz CT molecular complexity index is 547. The quantitative estimate of drug-likeness (QED) is 0.806. The predicted octanol–water partition coefficient (Wildman–Crippen LogP) is 1.83. The second-order valence-corrected chi connectivity index (χ2v) is 3.50. The fourth-order valence-electron chi connectivity index (χ4n) is 1.23. The molecule has 0 atom stereocenters. The first-order valence-electron chi connectivity index (χ1n) is 4.44.